The van der Waals surface area contributed by atoms with E-state index in [1.165, 1.54) is 12.8 Å². The average molecular weight is 230 g/mol. The van der Waals surface area contributed by atoms with Crippen LogP contribution in [0.15, 0.2) is 0 Å². The SMILES string of the molecule is CCCCCC(=O)O.CCCCCC(C)=O. The highest BCUT2D eigenvalue weighted by Crippen LogP contribution is 1.98. The highest BCUT2D eigenvalue weighted by Gasteiger charge is 1.92. The van der Waals surface area contributed by atoms with Crippen molar-refractivity contribution in [3.8, 4) is 0 Å². The number of hydrogen-bond acceptors (Lipinski definition) is 2. The molecule has 0 aromatic heterocycles. The minimum absolute atomic E-state index is 0.318. The fourth-order valence-corrected chi connectivity index (χ4v) is 1.15. The third-order valence-electron chi connectivity index (χ3n) is 2.13. The van der Waals surface area contributed by atoms with Crippen molar-refractivity contribution >= 4 is 11.8 Å². The number of aliphatic carboxylic acids is 1. The molecule has 0 aliphatic heterocycles. The molecular formula is C13H26O3. The first kappa shape index (κ1) is 17.5. The van der Waals surface area contributed by atoms with Crippen LogP contribution in [0.5, 0.6) is 0 Å². The van der Waals surface area contributed by atoms with Gasteiger partial charge in [0, 0.05) is 12.8 Å². The first-order chi connectivity index (χ1) is 7.54. The van der Waals surface area contributed by atoms with Crippen LogP contribution in [-0.4, -0.2) is 16.9 Å². The van der Waals surface area contributed by atoms with Gasteiger partial charge in [-0.3, -0.25) is 4.79 Å². The molecule has 0 saturated carbocycles. The van der Waals surface area contributed by atoms with E-state index in [1.54, 1.807) is 6.92 Å². The number of carboxylic acid groups (broad SMARTS) is 1. The minimum Gasteiger partial charge on any atom is -0.481 e. The summed E-state index contributed by atoms with van der Waals surface area (Å²) in [6, 6.07) is 0. The van der Waals surface area contributed by atoms with Crippen LogP contribution in [-0.2, 0) is 9.59 Å². The van der Waals surface area contributed by atoms with Gasteiger partial charge in [0.25, 0.3) is 0 Å². The molecule has 0 saturated heterocycles. The number of carboxylic acids is 1. The Hall–Kier alpha value is -0.860. The summed E-state index contributed by atoms with van der Waals surface area (Å²) in [4.78, 5) is 20.2. The summed E-state index contributed by atoms with van der Waals surface area (Å²) in [6.07, 6.45) is 7.52. The van der Waals surface area contributed by atoms with Crippen LogP contribution in [0.25, 0.3) is 0 Å². The monoisotopic (exact) mass is 230 g/mol. The number of carbonyl (C=O) groups is 2. The zero-order valence-corrected chi connectivity index (χ0v) is 10.9. The second kappa shape index (κ2) is 14.1. The van der Waals surface area contributed by atoms with Crippen molar-refractivity contribution in [1.29, 1.82) is 0 Å². The molecule has 0 rings (SSSR count). The molecule has 0 bridgehead atoms. The summed E-state index contributed by atoms with van der Waals surface area (Å²) in [5.74, 6) is -0.364. The highest BCUT2D eigenvalue weighted by molar-refractivity contribution is 5.75. The van der Waals surface area contributed by atoms with Crippen molar-refractivity contribution in [2.24, 2.45) is 0 Å². The number of Topliss-reactive ketones (excluding diaryl/α,β-unsaturated/α-hetero) is 1. The lowest BCUT2D eigenvalue weighted by atomic mass is 10.2. The number of ketones is 1. The first-order valence-electron chi connectivity index (χ1n) is 6.25. The maximum atomic E-state index is 10.3. The van der Waals surface area contributed by atoms with Crippen LogP contribution in [0.3, 0.4) is 0 Å². The van der Waals surface area contributed by atoms with E-state index in [0.29, 0.717) is 12.2 Å². The van der Waals surface area contributed by atoms with Gasteiger partial charge in [-0.1, -0.05) is 39.5 Å². The van der Waals surface area contributed by atoms with E-state index in [9.17, 15) is 9.59 Å². The normalized spacial score (nSPS) is 9.19. The Morgan fingerprint density at radius 2 is 1.31 bits per heavy atom. The molecule has 0 unspecified atom stereocenters. The minimum atomic E-state index is -0.682. The number of carbonyl (C=O) groups excluding carboxylic acids is 1. The Morgan fingerprint density at radius 1 is 0.875 bits per heavy atom. The molecule has 0 aromatic carbocycles. The molecule has 0 radical (unpaired) electrons. The Labute approximate surface area is 99.2 Å². The van der Waals surface area contributed by atoms with Crippen LogP contribution in [0.4, 0.5) is 0 Å². The van der Waals surface area contributed by atoms with Gasteiger partial charge in [-0.25, -0.2) is 0 Å². The fourth-order valence-electron chi connectivity index (χ4n) is 1.15. The van der Waals surface area contributed by atoms with Crippen LogP contribution >= 0.6 is 0 Å². The van der Waals surface area contributed by atoms with Gasteiger partial charge < -0.3 is 9.90 Å². The van der Waals surface area contributed by atoms with Gasteiger partial charge in [0.15, 0.2) is 0 Å². The van der Waals surface area contributed by atoms with Crippen molar-refractivity contribution in [2.45, 2.75) is 72.1 Å². The molecule has 96 valence electrons. The summed E-state index contributed by atoms with van der Waals surface area (Å²) in [5, 5.41) is 8.14. The Morgan fingerprint density at radius 3 is 1.62 bits per heavy atom. The summed E-state index contributed by atoms with van der Waals surface area (Å²) in [5.41, 5.74) is 0. The predicted molar refractivity (Wildman–Crippen MR) is 66.6 cm³/mol. The largest absolute Gasteiger partial charge is 0.481 e. The molecule has 0 aliphatic rings. The molecule has 0 aliphatic carbocycles. The van der Waals surface area contributed by atoms with Gasteiger partial charge in [0.05, 0.1) is 0 Å². The molecule has 0 aromatic rings. The summed E-state index contributed by atoms with van der Waals surface area (Å²) in [6.45, 7) is 5.84. The quantitative estimate of drug-likeness (QED) is 0.645. The molecule has 16 heavy (non-hydrogen) atoms. The van der Waals surface area contributed by atoms with Crippen LogP contribution in [0.2, 0.25) is 0 Å². The Bertz CT molecular complexity index is 156. The molecule has 0 fully saturated rings. The number of hydrogen-bond donors (Lipinski definition) is 1. The number of rotatable bonds is 8. The van der Waals surface area contributed by atoms with Crippen molar-refractivity contribution in [1.82, 2.24) is 0 Å². The van der Waals surface area contributed by atoms with Crippen LogP contribution in [0.1, 0.15) is 72.1 Å². The Balaban J connectivity index is 0. The topological polar surface area (TPSA) is 54.4 Å². The van der Waals surface area contributed by atoms with E-state index < -0.39 is 5.97 Å². The Kier molecular flexibility index (Phi) is 15.5. The molecule has 0 atom stereocenters. The van der Waals surface area contributed by atoms with Crippen molar-refractivity contribution in [2.75, 3.05) is 0 Å². The van der Waals surface area contributed by atoms with Crippen molar-refractivity contribution < 1.29 is 14.7 Å². The third kappa shape index (κ3) is 23.2. The fraction of sp³-hybridized carbons (Fsp3) is 0.846. The van der Waals surface area contributed by atoms with Gasteiger partial charge in [0.2, 0.25) is 0 Å². The second-order valence-electron chi connectivity index (χ2n) is 4.01. The number of unbranched alkanes of at least 4 members (excludes halogenated alkanes) is 4. The maximum absolute atomic E-state index is 10.3. The summed E-state index contributed by atoms with van der Waals surface area (Å²) >= 11 is 0. The standard InChI is InChI=1S/C7H14O.C6H12O2/c1-3-4-5-6-7(2)8;1-2-3-4-5-6(7)8/h3-6H2,1-2H3;2-5H2,1H3,(H,7,8). The zero-order chi connectivity index (χ0) is 12.8. The van der Waals surface area contributed by atoms with Crippen molar-refractivity contribution in [3.63, 3.8) is 0 Å². The predicted octanol–water partition coefficient (Wildman–Crippen LogP) is 3.81. The van der Waals surface area contributed by atoms with Crippen LogP contribution in [0, 0.1) is 0 Å². The molecule has 0 heterocycles. The van der Waals surface area contributed by atoms with E-state index in [0.717, 1.165) is 32.1 Å². The second-order valence-corrected chi connectivity index (χ2v) is 4.01. The van der Waals surface area contributed by atoms with E-state index in [-0.39, 0.29) is 0 Å². The van der Waals surface area contributed by atoms with E-state index in [4.69, 9.17) is 5.11 Å². The summed E-state index contributed by atoms with van der Waals surface area (Å²) in [7, 11) is 0. The lowest BCUT2D eigenvalue weighted by Gasteiger charge is -1.90. The smallest absolute Gasteiger partial charge is 0.303 e. The van der Waals surface area contributed by atoms with Crippen LogP contribution < -0.4 is 0 Å². The first-order valence-corrected chi connectivity index (χ1v) is 6.25. The lowest BCUT2D eigenvalue weighted by molar-refractivity contribution is -0.137. The molecule has 0 spiro atoms. The van der Waals surface area contributed by atoms with E-state index >= 15 is 0 Å². The van der Waals surface area contributed by atoms with Crippen molar-refractivity contribution in [3.05, 3.63) is 0 Å². The highest BCUT2D eigenvalue weighted by atomic mass is 16.4. The molecule has 3 nitrogen and oxygen atoms in total. The lowest BCUT2D eigenvalue weighted by Crippen LogP contribution is -1.92. The van der Waals surface area contributed by atoms with Gasteiger partial charge in [-0.2, -0.15) is 0 Å². The molecule has 3 heteroatoms. The van der Waals surface area contributed by atoms with E-state index in [1.807, 2.05) is 0 Å². The summed E-state index contributed by atoms with van der Waals surface area (Å²) < 4.78 is 0. The third-order valence-corrected chi connectivity index (χ3v) is 2.13. The maximum Gasteiger partial charge on any atom is 0.303 e. The van der Waals surface area contributed by atoms with Gasteiger partial charge in [-0.15, -0.1) is 0 Å². The average Bonchev–Trinajstić information content (AvgIpc) is 2.18. The van der Waals surface area contributed by atoms with E-state index in [2.05, 4.69) is 13.8 Å². The molecule has 1 N–H and O–H groups in total. The zero-order valence-electron chi connectivity index (χ0n) is 10.9. The van der Waals surface area contributed by atoms with Gasteiger partial charge in [-0.05, 0) is 19.8 Å². The van der Waals surface area contributed by atoms with Gasteiger partial charge >= 0.3 is 5.97 Å². The van der Waals surface area contributed by atoms with Gasteiger partial charge in [0.1, 0.15) is 5.78 Å². The molecular weight excluding hydrogens is 204 g/mol. The molecule has 0 amide bonds.